The fraction of sp³-hybridized carbons (Fsp3) is 0.278. The number of amides is 1. The Balaban J connectivity index is 1.74. The van der Waals surface area contributed by atoms with Gasteiger partial charge in [0.25, 0.3) is 5.91 Å². The largest absolute Gasteiger partial charge is 0.308 e. The molecule has 0 bridgehead atoms. The highest BCUT2D eigenvalue weighted by Crippen LogP contribution is 2.17. The summed E-state index contributed by atoms with van der Waals surface area (Å²) in [5, 5.41) is 11.1. The lowest BCUT2D eigenvalue weighted by molar-refractivity contribution is 0.102. The third-order valence-corrected chi connectivity index (χ3v) is 3.92. The molecule has 142 valence electrons. The summed E-state index contributed by atoms with van der Waals surface area (Å²) in [5.41, 5.74) is 0.724. The molecule has 0 aliphatic carbocycles. The van der Waals surface area contributed by atoms with Crippen LogP contribution in [0.25, 0.3) is 5.69 Å². The first-order chi connectivity index (χ1) is 12.8. The molecular formula is C18H20F2N6O. The second-order valence-corrected chi connectivity index (χ2v) is 6.40. The van der Waals surface area contributed by atoms with Crippen molar-refractivity contribution in [3.63, 3.8) is 0 Å². The quantitative estimate of drug-likeness (QED) is 0.720. The number of aromatic nitrogens is 4. The summed E-state index contributed by atoms with van der Waals surface area (Å²) < 4.78 is 30.1. The third kappa shape index (κ3) is 4.37. The van der Waals surface area contributed by atoms with E-state index in [1.807, 2.05) is 19.0 Å². The van der Waals surface area contributed by atoms with Crippen molar-refractivity contribution in [2.45, 2.75) is 13.5 Å². The minimum atomic E-state index is -0.757. The topological polar surface area (TPSA) is 68.0 Å². The summed E-state index contributed by atoms with van der Waals surface area (Å²) in [7, 11) is 3.93. The predicted molar refractivity (Wildman–Crippen MR) is 97.0 cm³/mol. The molecular weight excluding hydrogens is 354 g/mol. The molecule has 3 rings (SSSR count). The molecule has 27 heavy (non-hydrogen) atoms. The number of rotatable bonds is 6. The summed E-state index contributed by atoms with van der Waals surface area (Å²) in [4.78, 5) is 14.5. The summed E-state index contributed by atoms with van der Waals surface area (Å²) >= 11 is 0. The monoisotopic (exact) mass is 374 g/mol. The van der Waals surface area contributed by atoms with Gasteiger partial charge >= 0.3 is 0 Å². The van der Waals surface area contributed by atoms with Crippen LogP contribution in [0.1, 0.15) is 16.2 Å². The van der Waals surface area contributed by atoms with E-state index >= 15 is 0 Å². The molecule has 7 nitrogen and oxygen atoms in total. The van der Waals surface area contributed by atoms with Gasteiger partial charge in [-0.2, -0.15) is 10.2 Å². The fourth-order valence-electron chi connectivity index (χ4n) is 2.52. The Hall–Kier alpha value is -3.07. The Morgan fingerprint density at radius 2 is 1.96 bits per heavy atom. The molecule has 0 atom stereocenters. The second kappa shape index (κ2) is 7.67. The molecule has 0 unspecified atom stereocenters. The molecule has 9 heteroatoms. The molecule has 2 heterocycles. The van der Waals surface area contributed by atoms with E-state index in [0.717, 1.165) is 18.7 Å². The third-order valence-electron chi connectivity index (χ3n) is 3.92. The van der Waals surface area contributed by atoms with Crippen LogP contribution in [-0.4, -0.2) is 51.0 Å². The fourth-order valence-corrected chi connectivity index (χ4v) is 2.52. The first-order valence-corrected chi connectivity index (χ1v) is 8.35. The van der Waals surface area contributed by atoms with Gasteiger partial charge in [-0.1, -0.05) is 0 Å². The van der Waals surface area contributed by atoms with Gasteiger partial charge in [-0.25, -0.2) is 13.5 Å². The number of nitrogens with zero attached hydrogens (tertiary/aromatic N) is 5. The molecule has 0 saturated heterocycles. The SMILES string of the molecule is Cc1cc(C(=O)Nc2ccn(CCN(C)C)n2)nn1-c1ccc(F)cc1F. The Labute approximate surface area is 155 Å². The molecule has 0 radical (unpaired) electrons. The van der Waals surface area contributed by atoms with Gasteiger partial charge in [0.2, 0.25) is 0 Å². The highest BCUT2D eigenvalue weighted by atomic mass is 19.1. The number of likely N-dealkylation sites (N-methyl/N-ethyl adjacent to an activating group) is 1. The van der Waals surface area contributed by atoms with Crippen molar-refractivity contribution in [2.24, 2.45) is 0 Å². The number of hydrogen-bond acceptors (Lipinski definition) is 4. The number of hydrogen-bond donors (Lipinski definition) is 1. The summed E-state index contributed by atoms with van der Waals surface area (Å²) in [5.74, 6) is -1.49. The minimum Gasteiger partial charge on any atom is -0.308 e. The van der Waals surface area contributed by atoms with Gasteiger partial charge < -0.3 is 10.2 Å². The number of anilines is 1. The molecule has 1 amide bonds. The van der Waals surface area contributed by atoms with E-state index in [1.165, 1.54) is 16.8 Å². The van der Waals surface area contributed by atoms with Crippen LogP contribution in [0, 0.1) is 18.6 Å². The normalized spacial score (nSPS) is 11.2. The zero-order valence-corrected chi connectivity index (χ0v) is 15.3. The number of carbonyl (C=O) groups excluding carboxylic acids is 1. The van der Waals surface area contributed by atoms with Crippen molar-refractivity contribution >= 4 is 11.7 Å². The van der Waals surface area contributed by atoms with Gasteiger partial charge in [0.1, 0.15) is 11.5 Å². The summed E-state index contributed by atoms with van der Waals surface area (Å²) in [6, 6.07) is 6.41. The molecule has 1 aromatic carbocycles. The van der Waals surface area contributed by atoms with E-state index in [-0.39, 0.29) is 11.4 Å². The van der Waals surface area contributed by atoms with Gasteiger partial charge in [0.05, 0.1) is 6.54 Å². The van der Waals surface area contributed by atoms with E-state index in [1.54, 1.807) is 23.9 Å². The average molecular weight is 374 g/mol. The number of nitrogens with one attached hydrogen (secondary N) is 1. The molecule has 2 aromatic heterocycles. The standard InChI is InChI=1S/C18H20F2N6O/c1-12-10-15(22-26(12)16-5-4-13(19)11-14(16)20)18(27)21-17-6-7-25(23-17)9-8-24(2)3/h4-7,10-11H,8-9H2,1-3H3,(H,21,23,27). The van der Waals surface area contributed by atoms with Crippen molar-refractivity contribution in [2.75, 3.05) is 26.0 Å². The smallest absolute Gasteiger partial charge is 0.277 e. The molecule has 0 spiro atoms. The van der Waals surface area contributed by atoms with Gasteiger partial charge in [0, 0.05) is 30.6 Å². The number of carbonyl (C=O) groups is 1. The molecule has 0 aliphatic heterocycles. The van der Waals surface area contributed by atoms with Gasteiger partial charge in [-0.05, 0) is 39.2 Å². The van der Waals surface area contributed by atoms with Crippen LogP contribution in [0.5, 0.6) is 0 Å². The van der Waals surface area contributed by atoms with Crippen LogP contribution in [0.3, 0.4) is 0 Å². The zero-order chi connectivity index (χ0) is 19.6. The molecule has 1 N–H and O–H groups in total. The van der Waals surface area contributed by atoms with Crippen LogP contribution in [0.4, 0.5) is 14.6 Å². The Morgan fingerprint density at radius 1 is 1.19 bits per heavy atom. The number of benzene rings is 1. The Kier molecular flexibility index (Phi) is 5.31. The van der Waals surface area contributed by atoms with Crippen LogP contribution in [0.2, 0.25) is 0 Å². The molecule has 0 fully saturated rings. The molecule has 0 aliphatic rings. The Bertz CT molecular complexity index is 963. The van der Waals surface area contributed by atoms with E-state index < -0.39 is 17.5 Å². The lowest BCUT2D eigenvalue weighted by Gasteiger charge is -2.08. The van der Waals surface area contributed by atoms with Crippen molar-refractivity contribution < 1.29 is 13.6 Å². The van der Waals surface area contributed by atoms with E-state index in [0.29, 0.717) is 18.1 Å². The highest BCUT2D eigenvalue weighted by molar-refractivity contribution is 6.02. The van der Waals surface area contributed by atoms with Crippen molar-refractivity contribution in [1.29, 1.82) is 0 Å². The number of aryl methyl sites for hydroxylation is 1. The molecule has 3 aromatic rings. The maximum absolute atomic E-state index is 14.0. The van der Waals surface area contributed by atoms with Gasteiger partial charge in [-0.3, -0.25) is 9.48 Å². The van der Waals surface area contributed by atoms with Crippen LogP contribution in [-0.2, 0) is 6.54 Å². The van der Waals surface area contributed by atoms with Gasteiger partial charge in [-0.15, -0.1) is 0 Å². The maximum atomic E-state index is 14.0. The maximum Gasteiger partial charge on any atom is 0.277 e. The van der Waals surface area contributed by atoms with Crippen molar-refractivity contribution in [3.8, 4) is 5.69 Å². The first kappa shape index (κ1) is 18.7. The predicted octanol–water partition coefficient (Wildman–Crippen LogP) is 2.47. The average Bonchev–Trinajstić information content (AvgIpc) is 3.20. The van der Waals surface area contributed by atoms with E-state index in [4.69, 9.17) is 0 Å². The first-order valence-electron chi connectivity index (χ1n) is 8.35. The Morgan fingerprint density at radius 3 is 2.67 bits per heavy atom. The zero-order valence-electron chi connectivity index (χ0n) is 15.3. The van der Waals surface area contributed by atoms with Crippen LogP contribution >= 0.6 is 0 Å². The van der Waals surface area contributed by atoms with Crippen LogP contribution in [0.15, 0.2) is 36.5 Å². The van der Waals surface area contributed by atoms with E-state index in [2.05, 4.69) is 15.5 Å². The van der Waals surface area contributed by atoms with Crippen molar-refractivity contribution in [3.05, 3.63) is 59.6 Å². The minimum absolute atomic E-state index is 0.0703. The molecule has 0 saturated carbocycles. The second-order valence-electron chi connectivity index (χ2n) is 6.40. The van der Waals surface area contributed by atoms with Gasteiger partial charge in [0.15, 0.2) is 17.3 Å². The summed E-state index contributed by atoms with van der Waals surface area (Å²) in [6.45, 7) is 3.20. The lowest BCUT2D eigenvalue weighted by atomic mass is 10.3. The summed E-state index contributed by atoms with van der Waals surface area (Å²) in [6.07, 6.45) is 1.77. The van der Waals surface area contributed by atoms with E-state index in [9.17, 15) is 13.6 Å². The lowest BCUT2D eigenvalue weighted by Crippen LogP contribution is -2.19. The number of halogens is 2. The van der Waals surface area contributed by atoms with Crippen LogP contribution < -0.4 is 5.32 Å². The highest BCUT2D eigenvalue weighted by Gasteiger charge is 2.16. The van der Waals surface area contributed by atoms with Crippen molar-refractivity contribution in [1.82, 2.24) is 24.5 Å².